The van der Waals surface area contributed by atoms with Crippen LogP contribution >= 0.6 is 0 Å². The molecule has 1 fully saturated rings. The molecular weight excluding hydrogens is 334 g/mol. The molecule has 140 valence electrons. The van der Waals surface area contributed by atoms with Crippen LogP contribution in [-0.4, -0.2) is 67.8 Å². The van der Waals surface area contributed by atoms with Gasteiger partial charge >= 0.3 is 5.97 Å². The van der Waals surface area contributed by atoms with Gasteiger partial charge in [0.15, 0.2) is 12.3 Å². The number of ether oxygens (including phenoxy) is 2. The zero-order valence-electron chi connectivity index (χ0n) is 14.1. The summed E-state index contributed by atoms with van der Waals surface area (Å²) in [5, 5.41) is 24.0. The number of quaternary nitrogens is 1. The highest BCUT2D eigenvalue weighted by molar-refractivity contribution is 5.88. The van der Waals surface area contributed by atoms with E-state index in [2.05, 4.69) is 15.8 Å². The molecule has 4 unspecified atom stereocenters. The van der Waals surface area contributed by atoms with E-state index in [1.54, 1.807) is 0 Å². The summed E-state index contributed by atoms with van der Waals surface area (Å²) in [4.78, 5) is 26.7. The third-order valence-corrected chi connectivity index (χ3v) is 4.35. The van der Waals surface area contributed by atoms with Crippen LogP contribution in [0.3, 0.4) is 0 Å². The van der Waals surface area contributed by atoms with Crippen LogP contribution in [0, 0.1) is 5.92 Å². The quantitative estimate of drug-likeness (QED) is 0.377. The van der Waals surface area contributed by atoms with Crippen molar-refractivity contribution in [1.29, 1.82) is 0 Å². The van der Waals surface area contributed by atoms with Crippen LogP contribution in [0.4, 0.5) is 0 Å². The lowest BCUT2D eigenvalue weighted by Crippen LogP contribution is -2.68. The van der Waals surface area contributed by atoms with Crippen LogP contribution in [0.2, 0.25) is 0 Å². The van der Waals surface area contributed by atoms with Crippen molar-refractivity contribution in [3.63, 3.8) is 0 Å². The molecule has 1 amide bonds. The van der Waals surface area contributed by atoms with Gasteiger partial charge in [0.2, 0.25) is 5.82 Å². The van der Waals surface area contributed by atoms with Crippen molar-refractivity contribution in [2.75, 3.05) is 6.61 Å². The highest BCUT2D eigenvalue weighted by atomic mass is 16.6. The van der Waals surface area contributed by atoms with Gasteiger partial charge in [0.05, 0.1) is 0 Å². The van der Waals surface area contributed by atoms with Crippen LogP contribution < -0.4 is 11.5 Å². The standard InChI is InChI=1S/C14H23N5O6/c1-3-6(2)8(15)14(23)24-4-7-9(20)10(21)13(25-7)19-5-17-12(18-19)11(16)22/h5-10,13,20-21H,3-4,15H2,1-2H3,(H2,16,22)/p+1/t6-,7?,8?,9?,10?,13+/m0/s1. The maximum atomic E-state index is 12.0. The topological polar surface area (TPSA) is 177 Å². The normalized spacial score (nSPS) is 28.5. The number of primary amides is 1. The lowest BCUT2D eigenvalue weighted by Gasteiger charge is -2.17. The Hall–Kier alpha value is -2.08. The van der Waals surface area contributed by atoms with E-state index in [0.717, 1.165) is 17.4 Å². The van der Waals surface area contributed by atoms with Gasteiger partial charge in [0.1, 0.15) is 31.2 Å². The summed E-state index contributed by atoms with van der Waals surface area (Å²) >= 11 is 0. The molecule has 0 saturated carbocycles. The molecular formula is C14H24N5O6+. The van der Waals surface area contributed by atoms with E-state index in [1.807, 2.05) is 13.8 Å². The van der Waals surface area contributed by atoms with E-state index < -0.39 is 42.5 Å². The van der Waals surface area contributed by atoms with Gasteiger partial charge in [0, 0.05) is 5.92 Å². The zero-order chi connectivity index (χ0) is 18.7. The van der Waals surface area contributed by atoms with Gasteiger partial charge in [-0.2, -0.15) is 0 Å². The predicted octanol–water partition coefficient (Wildman–Crippen LogP) is -2.80. The second-order valence-corrected chi connectivity index (χ2v) is 6.08. The van der Waals surface area contributed by atoms with Gasteiger partial charge in [-0.05, 0) is 6.42 Å². The molecule has 1 aromatic rings. The Labute approximate surface area is 143 Å². The molecule has 0 aliphatic carbocycles. The molecule has 0 bridgehead atoms. The van der Waals surface area contributed by atoms with Gasteiger partial charge in [-0.1, -0.05) is 13.8 Å². The van der Waals surface area contributed by atoms with Crippen molar-refractivity contribution in [3.05, 3.63) is 12.2 Å². The summed E-state index contributed by atoms with van der Waals surface area (Å²) in [6, 6.07) is -0.530. The number of aliphatic hydroxyl groups excluding tert-OH is 2. The number of carbonyl (C=O) groups excluding carboxylic acids is 2. The number of hydrogen-bond donors (Lipinski definition) is 4. The Morgan fingerprint density at radius 1 is 1.48 bits per heavy atom. The van der Waals surface area contributed by atoms with Crippen molar-refractivity contribution in [2.24, 2.45) is 11.7 Å². The van der Waals surface area contributed by atoms with Crippen molar-refractivity contribution in [1.82, 2.24) is 14.8 Å². The maximum Gasteiger partial charge on any atom is 0.365 e. The summed E-state index contributed by atoms with van der Waals surface area (Å²) in [6.45, 7) is 3.59. The Morgan fingerprint density at radius 3 is 2.72 bits per heavy atom. The smallest absolute Gasteiger partial charge is 0.365 e. The molecule has 1 aliphatic heterocycles. The van der Waals surface area contributed by atoms with Crippen LogP contribution in [0.1, 0.15) is 37.1 Å². The van der Waals surface area contributed by atoms with Crippen molar-refractivity contribution in [3.8, 4) is 0 Å². The molecule has 7 N–H and O–H groups in total. The second kappa shape index (κ2) is 7.87. The largest absolute Gasteiger partial charge is 0.458 e. The van der Waals surface area contributed by atoms with Gasteiger partial charge in [-0.25, -0.2) is 14.5 Å². The third kappa shape index (κ3) is 4.12. The summed E-state index contributed by atoms with van der Waals surface area (Å²) in [7, 11) is 0. The first kappa shape index (κ1) is 19.2. The Bertz CT molecular complexity index is 623. The molecule has 6 atom stereocenters. The van der Waals surface area contributed by atoms with E-state index >= 15 is 0 Å². The highest BCUT2D eigenvalue weighted by Crippen LogP contribution is 2.29. The molecule has 11 nitrogen and oxygen atoms in total. The number of amides is 1. The van der Waals surface area contributed by atoms with Crippen molar-refractivity contribution < 1.29 is 35.0 Å². The molecule has 1 saturated heterocycles. The van der Waals surface area contributed by atoms with E-state index in [4.69, 9.17) is 15.2 Å². The minimum atomic E-state index is -1.34. The van der Waals surface area contributed by atoms with Gasteiger partial charge in [-0.15, -0.1) is 5.10 Å². The zero-order valence-corrected chi connectivity index (χ0v) is 14.1. The number of aromatic nitrogens is 3. The molecule has 0 radical (unpaired) electrons. The van der Waals surface area contributed by atoms with E-state index in [0.29, 0.717) is 0 Å². The van der Waals surface area contributed by atoms with Crippen LogP contribution in [0.5, 0.6) is 0 Å². The Morgan fingerprint density at radius 2 is 2.16 bits per heavy atom. The minimum Gasteiger partial charge on any atom is -0.458 e. The molecule has 2 rings (SSSR count). The molecule has 11 heteroatoms. The Balaban J connectivity index is 1.97. The number of carbonyl (C=O) groups is 2. The molecule has 0 spiro atoms. The van der Waals surface area contributed by atoms with Crippen LogP contribution in [-0.2, 0) is 14.3 Å². The van der Waals surface area contributed by atoms with Crippen molar-refractivity contribution >= 4 is 11.9 Å². The number of esters is 1. The highest BCUT2D eigenvalue weighted by Gasteiger charge is 2.45. The van der Waals surface area contributed by atoms with E-state index in [1.165, 1.54) is 0 Å². The number of aliphatic hydroxyl groups is 2. The van der Waals surface area contributed by atoms with Crippen LogP contribution in [0.15, 0.2) is 6.33 Å². The lowest BCUT2D eigenvalue weighted by atomic mass is 10.0. The number of nitrogens with two attached hydrogens (primary N) is 1. The molecule has 1 aromatic heterocycles. The summed E-state index contributed by atoms with van der Waals surface area (Å²) in [6.07, 6.45) is -2.73. The second-order valence-electron chi connectivity index (χ2n) is 6.08. The summed E-state index contributed by atoms with van der Waals surface area (Å²) in [5.41, 5.74) is 8.84. The number of nitrogens with zero attached hydrogens (tertiary/aromatic N) is 3. The summed E-state index contributed by atoms with van der Waals surface area (Å²) in [5.74, 6) is -1.51. The molecule has 0 aromatic carbocycles. The van der Waals surface area contributed by atoms with E-state index in [-0.39, 0.29) is 18.3 Å². The molecule has 2 heterocycles. The van der Waals surface area contributed by atoms with Gasteiger partial charge in [0.25, 0.3) is 5.91 Å². The first-order chi connectivity index (χ1) is 11.8. The fraction of sp³-hybridized carbons (Fsp3) is 0.714. The SMILES string of the molecule is CC[C@H](C)C([NH3+])C(=O)OCC1O[C@@H](n2cnc(C(N)=O)n2)C(O)C1O. The fourth-order valence-corrected chi connectivity index (χ4v) is 2.38. The van der Waals surface area contributed by atoms with Crippen LogP contribution in [0.25, 0.3) is 0 Å². The lowest BCUT2D eigenvalue weighted by molar-refractivity contribution is -0.420. The summed E-state index contributed by atoms with van der Waals surface area (Å²) < 4.78 is 11.7. The van der Waals surface area contributed by atoms with Gasteiger partial charge in [-0.3, -0.25) is 4.79 Å². The molecule has 25 heavy (non-hydrogen) atoms. The van der Waals surface area contributed by atoms with Crippen molar-refractivity contribution in [2.45, 2.75) is 50.8 Å². The predicted molar refractivity (Wildman–Crippen MR) is 81.6 cm³/mol. The monoisotopic (exact) mass is 358 g/mol. The molecule has 1 aliphatic rings. The average molecular weight is 358 g/mol. The third-order valence-electron chi connectivity index (χ3n) is 4.35. The van der Waals surface area contributed by atoms with Gasteiger partial charge < -0.3 is 31.2 Å². The Kier molecular flexibility index (Phi) is 6.06. The number of rotatable bonds is 7. The maximum absolute atomic E-state index is 12.0. The minimum absolute atomic E-state index is 0.0580. The first-order valence-electron chi connectivity index (χ1n) is 7.98. The fourth-order valence-electron chi connectivity index (χ4n) is 2.38. The first-order valence-corrected chi connectivity index (χ1v) is 7.98. The van der Waals surface area contributed by atoms with E-state index in [9.17, 15) is 19.8 Å². The average Bonchev–Trinajstić information content (AvgIpc) is 3.18. The number of hydrogen-bond acceptors (Lipinski definition) is 8.